The minimum atomic E-state index is -0.886. The maximum absolute atomic E-state index is 13.8. The van der Waals surface area contributed by atoms with Crippen molar-refractivity contribution in [2.45, 2.75) is 38.6 Å². The molecule has 1 unspecified atom stereocenters. The zero-order chi connectivity index (χ0) is 29.8. The summed E-state index contributed by atoms with van der Waals surface area (Å²) in [5.74, 6) is -0.143. The van der Waals surface area contributed by atoms with Gasteiger partial charge in [-0.2, -0.15) is 5.26 Å². The van der Waals surface area contributed by atoms with E-state index in [4.69, 9.17) is 16.3 Å². The molecule has 2 aromatic heterocycles. The molecule has 42 heavy (non-hydrogen) atoms. The summed E-state index contributed by atoms with van der Waals surface area (Å²) in [6, 6.07) is 14.6. The van der Waals surface area contributed by atoms with E-state index in [2.05, 4.69) is 22.4 Å². The predicted molar refractivity (Wildman–Crippen MR) is 164 cm³/mol. The van der Waals surface area contributed by atoms with Gasteiger partial charge in [0.25, 0.3) is 5.56 Å². The predicted octanol–water partition coefficient (Wildman–Crippen LogP) is 6.97. The van der Waals surface area contributed by atoms with Gasteiger partial charge in [0.1, 0.15) is 23.6 Å². The van der Waals surface area contributed by atoms with E-state index in [1.807, 2.05) is 18.2 Å². The number of pyridine rings is 1. The van der Waals surface area contributed by atoms with Crippen molar-refractivity contribution in [1.29, 1.82) is 5.26 Å². The maximum Gasteiger partial charge on any atom is 0.252 e. The van der Waals surface area contributed by atoms with Gasteiger partial charge in [-0.25, -0.2) is 0 Å². The maximum atomic E-state index is 13.8. The lowest BCUT2D eigenvalue weighted by atomic mass is 9.95. The van der Waals surface area contributed by atoms with Crippen molar-refractivity contribution in [1.82, 2.24) is 9.55 Å². The van der Waals surface area contributed by atoms with Gasteiger partial charge in [-0.15, -0.1) is 0 Å². The first-order valence-corrected chi connectivity index (χ1v) is 14.0. The molecule has 2 heterocycles. The number of carbonyl (C=O) groups is 2. The van der Waals surface area contributed by atoms with Gasteiger partial charge in [0.15, 0.2) is 5.78 Å². The molecule has 0 bridgehead atoms. The van der Waals surface area contributed by atoms with Gasteiger partial charge < -0.3 is 15.0 Å². The van der Waals surface area contributed by atoms with E-state index in [9.17, 15) is 19.6 Å². The van der Waals surface area contributed by atoms with Gasteiger partial charge in [0, 0.05) is 45.2 Å². The number of methoxy groups -OCH3 is 1. The van der Waals surface area contributed by atoms with E-state index in [-0.39, 0.29) is 18.1 Å². The number of carbonyl (C=O) groups excluding carboxylic acids is 2. The number of hydrogen-bond donors (Lipinski definition) is 2. The first kappa shape index (κ1) is 28.7. The van der Waals surface area contributed by atoms with Gasteiger partial charge >= 0.3 is 0 Å². The topological polar surface area (TPSA) is 117 Å². The molecule has 1 atom stereocenters. The van der Waals surface area contributed by atoms with Crippen LogP contribution >= 0.6 is 11.6 Å². The van der Waals surface area contributed by atoms with Crippen molar-refractivity contribution in [3.63, 3.8) is 0 Å². The number of aromatic nitrogens is 2. The van der Waals surface area contributed by atoms with Crippen LogP contribution in [0.15, 0.2) is 83.3 Å². The summed E-state index contributed by atoms with van der Waals surface area (Å²) in [6.45, 7) is 1.77. The van der Waals surface area contributed by atoms with Crippen molar-refractivity contribution >= 4 is 39.9 Å². The smallest absolute Gasteiger partial charge is 0.252 e. The van der Waals surface area contributed by atoms with Crippen molar-refractivity contribution in [2.75, 3.05) is 12.4 Å². The lowest BCUT2D eigenvalue weighted by molar-refractivity contribution is -0.119. The zero-order valence-electron chi connectivity index (χ0n) is 23.2. The molecule has 1 aliphatic rings. The molecule has 8 nitrogen and oxygen atoms in total. The van der Waals surface area contributed by atoms with Gasteiger partial charge in [-0.05, 0) is 61.2 Å². The second-order valence-corrected chi connectivity index (χ2v) is 10.5. The van der Waals surface area contributed by atoms with Gasteiger partial charge in [0.2, 0.25) is 5.91 Å². The van der Waals surface area contributed by atoms with E-state index >= 15 is 0 Å². The van der Waals surface area contributed by atoms with Gasteiger partial charge in [0.05, 0.1) is 13.3 Å². The molecule has 4 aromatic rings. The highest BCUT2D eigenvalue weighted by atomic mass is 35.5. The number of fused-ring (bicyclic) bond motifs is 1. The van der Waals surface area contributed by atoms with E-state index in [1.54, 1.807) is 43.3 Å². The van der Waals surface area contributed by atoms with Crippen molar-refractivity contribution in [3.05, 3.63) is 105 Å². The third kappa shape index (κ3) is 5.92. The number of ether oxygens (including phenoxy) is 1. The Bertz CT molecular complexity index is 1860. The number of benzene rings is 2. The molecule has 1 amide bonds. The first-order valence-electron chi connectivity index (χ1n) is 13.6. The lowest BCUT2D eigenvalue weighted by Crippen LogP contribution is -2.33. The average molecular weight is 581 g/mol. The molecule has 0 saturated heterocycles. The Hall–Kier alpha value is -4.87. The Kier molecular flexibility index (Phi) is 8.41. The number of allylic oxidation sites excluding steroid dienone is 4. The molecule has 0 spiro atoms. The summed E-state index contributed by atoms with van der Waals surface area (Å²) in [6.07, 6.45) is 9.75. The summed E-state index contributed by atoms with van der Waals surface area (Å²) >= 11 is 6.29. The number of anilines is 1. The van der Waals surface area contributed by atoms with Crippen LogP contribution in [0.2, 0.25) is 5.02 Å². The summed E-state index contributed by atoms with van der Waals surface area (Å²) in [7, 11) is 1.48. The van der Waals surface area contributed by atoms with Crippen LogP contribution < -0.4 is 15.6 Å². The summed E-state index contributed by atoms with van der Waals surface area (Å²) < 4.78 is 7.08. The quantitative estimate of drug-likeness (QED) is 0.207. The Morgan fingerprint density at radius 1 is 1.17 bits per heavy atom. The molecule has 2 aromatic carbocycles. The number of halogens is 1. The average Bonchev–Trinajstić information content (AvgIpc) is 3.42. The molecule has 0 fully saturated rings. The number of hydrogen-bond acceptors (Lipinski definition) is 5. The molecule has 2 N–H and O–H groups in total. The van der Waals surface area contributed by atoms with Crippen molar-refractivity contribution < 1.29 is 14.3 Å². The number of rotatable bonds is 9. The Morgan fingerprint density at radius 2 is 2.00 bits per heavy atom. The number of amides is 1. The second-order valence-electron chi connectivity index (χ2n) is 10.1. The van der Waals surface area contributed by atoms with Crippen LogP contribution in [0.5, 0.6) is 5.75 Å². The summed E-state index contributed by atoms with van der Waals surface area (Å²) in [5.41, 5.74) is 3.62. The SMILES string of the molecule is CCC(=O)c1ccc(Cl)cc1-c1cc(=O)n(C(CC2=CC=CCC2)C(=O)Nc2ccc3cc(C#N)[nH]c3c2)cc1OC. The fourth-order valence-electron chi connectivity index (χ4n) is 5.20. The van der Waals surface area contributed by atoms with Crippen molar-refractivity contribution in [3.8, 4) is 22.9 Å². The molecule has 0 aliphatic heterocycles. The molecule has 0 saturated carbocycles. The number of nitrogens with zero attached hydrogens (tertiary/aromatic N) is 2. The number of aromatic amines is 1. The van der Waals surface area contributed by atoms with E-state index in [1.165, 1.54) is 23.9 Å². The van der Waals surface area contributed by atoms with Crippen LogP contribution in [0.1, 0.15) is 54.7 Å². The minimum Gasteiger partial charge on any atom is -0.495 e. The van der Waals surface area contributed by atoms with Crippen molar-refractivity contribution in [2.24, 2.45) is 0 Å². The molecular weight excluding hydrogens is 552 g/mol. The molecular formula is C33H29ClN4O4. The highest BCUT2D eigenvalue weighted by molar-refractivity contribution is 6.31. The second kappa shape index (κ2) is 12.3. The number of ketones is 1. The number of nitriles is 1. The standard InChI is InChI=1S/C33H29ClN4O4/c1-3-30(39)25-12-10-22(34)15-26(25)27-17-32(40)38(19-31(27)42-2)29(13-20-7-5-4-6-8-20)33(41)37-23-11-9-21-14-24(18-35)36-28(21)16-23/h4-5,7,9-12,14-17,19,29,36H,3,6,8,13H2,1-2H3,(H,37,41). The van der Waals surface area contributed by atoms with E-state index < -0.39 is 11.6 Å². The molecule has 1 aliphatic carbocycles. The summed E-state index contributed by atoms with van der Waals surface area (Å²) in [4.78, 5) is 43.3. The fraction of sp³-hybridized carbons (Fsp3) is 0.212. The number of nitrogens with one attached hydrogen (secondary N) is 2. The fourth-order valence-corrected chi connectivity index (χ4v) is 5.37. The highest BCUT2D eigenvalue weighted by Gasteiger charge is 2.26. The number of H-pyrrole nitrogens is 1. The molecule has 9 heteroatoms. The van der Waals surface area contributed by atoms with Gasteiger partial charge in [-0.1, -0.05) is 48.4 Å². The van der Waals surface area contributed by atoms with Crippen LogP contribution in [0, 0.1) is 11.3 Å². The third-order valence-corrected chi connectivity index (χ3v) is 7.60. The molecule has 212 valence electrons. The third-order valence-electron chi connectivity index (χ3n) is 7.36. The Morgan fingerprint density at radius 3 is 2.71 bits per heavy atom. The number of Topliss-reactive ketones (excluding diaryl/α,β-unsaturated/α-hetero) is 1. The largest absolute Gasteiger partial charge is 0.495 e. The molecule has 5 rings (SSSR count). The lowest BCUT2D eigenvalue weighted by Gasteiger charge is -2.23. The van der Waals surface area contributed by atoms with E-state index in [0.29, 0.717) is 50.8 Å². The summed E-state index contributed by atoms with van der Waals surface area (Å²) in [5, 5.41) is 13.4. The van der Waals surface area contributed by atoms with E-state index in [0.717, 1.165) is 23.8 Å². The minimum absolute atomic E-state index is 0.0941. The van der Waals surface area contributed by atoms with Gasteiger partial charge in [-0.3, -0.25) is 19.0 Å². The van der Waals surface area contributed by atoms with Crippen LogP contribution in [0.4, 0.5) is 5.69 Å². The van der Waals surface area contributed by atoms with Crippen LogP contribution in [-0.2, 0) is 4.79 Å². The monoisotopic (exact) mass is 580 g/mol. The normalized spacial score (nSPS) is 13.3. The van der Waals surface area contributed by atoms with Crippen LogP contribution in [0.3, 0.4) is 0 Å². The zero-order valence-corrected chi connectivity index (χ0v) is 24.0. The van der Waals surface area contributed by atoms with Crippen LogP contribution in [-0.4, -0.2) is 28.4 Å². The Balaban J connectivity index is 1.57. The highest BCUT2D eigenvalue weighted by Crippen LogP contribution is 2.35. The Labute approximate surface area is 247 Å². The first-order chi connectivity index (χ1) is 20.3. The molecule has 0 radical (unpaired) electrons. The van der Waals surface area contributed by atoms with Crippen LogP contribution in [0.25, 0.3) is 22.0 Å².